The molecule has 0 saturated carbocycles. The van der Waals surface area contributed by atoms with Crippen LogP contribution < -0.4 is 10.9 Å². The van der Waals surface area contributed by atoms with Gasteiger partial charge in [0.05, 0.1) is 24.8 Å². The van der Waals surface area contributed by atoms with Gasteiger partial charge in [-0.15, -0.1) is 0 Å². The molecule has 0 aliphatic carbocycles. The maximum atomic E-state index is 12.0. The Labute approximate surface area is 240 Å². The molecule has 7 nitrogen and oxygen atoms in total. The first-order valence-corrected chi connectivity index (χ1v) is 17.5. The summed E-state index contributed by atoms with van der Waals surface area (Å²) in [5.74, 6) is 0.0758. The number of nitrogens with zero attached hydrogens (tertiary/aromatic N) is 1. The summed E-state index contributed by atoms with van der Waals surface area (Å²) in [7, 11) is -2.10. The van der Waals surface area contributed by atoms with Crippen molar-refractivity contribution in [1.29, 1.82) is 0 Å². The Bertz CT molecular complexity index is 1280. The summed E-state index contributed by atoms with van der Waals surface area (Å²) in [6.45, 7) is 16.6. The number of H-pyrrole nitrogens is 1. The molecule has 4 rings (SSSR count). The highest BCUT2D eigenvalue weighted by molar-refractivity contribution is 6.74. The summed E-state index contributed by atoms with van der Waals surface area (Å²) < 4.78 is 12.9. The molecular weight excluding hydrogens is 518 g/mol. The average molecular weight is 566 g/mol. The van der Waals surface area contributed by atoms with Crippen molar-refractivity contribution in [1.82, 2.24) is 15.2 Å². The zero-order valence-corrected chi connectivity index (χ0v) is 25.8. The van der Waals surface area contributed by atoms with Crippen LogP contribution in [0.2, 0.25) is 18.1 Å². The minimum absolute atomic E-state index is 0.0563. The maximum absolute atomic E-state index is 12.0. The molecule has 0 radical (unpaired) electrons. The van der Waals surface area contributed by atoms with Crippen LogP contribution in [0.5, 0.6) is 5.75 Å². The van der Waals surface area contributed by atoms with Gasteiger partial charge in [-0.25, -0.2) is 0 Å². The van der Waals surface area contributed by atoms with E-state index in [9.17, 15) is 9.90 Å². The number of phenols is 1. The van der Waals surface area contributed by atoms with Gasteiger partial charge in [0.1, 0.15) is 5.75 Å². The number of ether oxygens (including phenoxy) is 1. The molecule has 0 spiro atoms. The second kappa shape index (κ2) is 13.4. The Kier molecular flexibility index (Phi) is 10.2. The predicted octanol–water partition coefficient (Wildman–Crippen LogP) is 5.61. The summed E-state index contributed by atoms with van der Waals surface area (Å²) in [6.07, 6.45) is 2.93. The highest BCUT2D eigenvalue weighted by Gasteiger charge is 2.40. The van der Waals surface area contributed by atoms with Crippen molar-refractivity contribution in [2.24, 2.45) is 0 Å². The van der Waals surface area contributed by atoms with Gasteiger partial charge in [0, 0.05) is 30.6 Å². The molecule has 1 aliphatic heterocycles. The van der Waals surface area contributed by atoms with Crippen molar-refractivity contribution >= 4 is 19.2 Å². The maximum Gasteiger partial charge on any atom is 0.248 e. The number of hydrogen-bond acceptors (Lipinski definition) is 6. The minimum Gasteiger partial charge on any atom is -0.506 e. The molecule has 1 aliphatic rings. The van der Waals surface area contributed by atoms with E-state index in [1.54, 1.807) is 12.1 Å². The number of hydrogen-bond donors (Lipinski definition) is 3. The number of nitrogens with one attached hydrogen (secondary N) is 2. The Morgan fingerprint density at radius 1 is 1.05 bits per heavy atom. The number of phenolic OH excluding ortho intramolecular Hbond substituents is 1. The van der Waals surface area contributed by atoms with Crippen LogP contribution in [-0.2, 0) is 15.6 Å². The molecule has 0 unspecified atom stereocenters. The van der Waals surface area contributed by atoms with Gasteiger partial charge in [-0.3, -0.25) is 4.79 Å². The van der Waals surface area contributed by atoms with E-state index in [4.69, 9.17) is 9.16 Å². The lowest BCUT2D eigenvalue weighted by Gasteiger charge is -2.40. The van der Waals surface area contributed by atoms with E-state index in [0.717, 1.165) is 63.1 Å². The number of rotatable bonds is 12. The highest BCUT2D eigenvalue weighted by atomic mass is 28.4. The van der Waals surface area contributed by atoms with Crippen LogP contribution in [0.4, 0.5) is 0 Å². The molecule has 3 N–H and O–H groups in total. The molecule has 2 aromatic carbocycles. The molecule has 1 atom stereocenters. The van der Waals surface area contributed by atoms with E-state index < -0.39 is 8.32 Å². The van der Waals surface area contributed by atoms with Crippen LogP contribution in [-0.4, -0.2) is 68.7 Å². The second-order valence-electron chi connectivity index (χ2n) is 12.5. The summed E-state index contributed by atoms with van der Waals surface area (Å²) in [4.78, 5) is 17.3. The van der Waals surface area contributed by atoms with Crippen LogP contribution in [0, 0.1) is 0 Å². The SMILES string of the molecule is CC(C)(C)[Si](C)(C)O[C@@H](CNC1CCN(CCOCCc2ccccc2)CC1)c1ccc(O)c2[nH]c(=O)ccc12. The minimum atomic E-state index is -2.10. The van der Waals surface area contributed by atoms with Crippen LogP contribution in [0.3, 0.4) is 0 Å². The van der Waals surface area contributed by atoms with Gasteiger partial charge >= 0.3 is 0 Å². The molecule has 3 aromatic rings. The van der Waals surface area contributed by atoms with Gasteiger partial charge in [0.25, 0.3) is 0 Å². The van der Waals surface area contributed by atoms with Crippen molar-refractivity contribution in [2.45, 2.75) is 70.3 Å². The van der Waals surface area contributed by atoms with Gasteiger partial charge in [-0.1, -0.05) is 57.2 Å². The number of piperidine rings is 1. The van der Waals surface area contributed by atoms with Gasteiger partial charge in [0.15, 0.2) is 8.32 Å². The highest BCUT2D eigenvalue weighted by Crippen LogP contribution is 2.41. The van der Waals surface area contributed by atoms with Gasteiger partial charge < -0.3 is 29.5 Å². The van der Waals surface area contributed by atoms with Gasteiger partial charge in [-0.05, 0) is 73.7 Å². The molecule has 1 fully saturated rings. The van der Waals surface area contributed by atoms with E-state index in [1.165, 1.54) is 11.6 Å². The largest absolute Gasteiger partial charge is 0.506 e. The lowest BCUT2D eigenvalue weighted by molar-refractivity contribution is 0.0917. The first-order chi connectivity index (χ1) is 19.0. The van der Waals surface area contributed by atoms with Gasteiger partial charge in [0.2, 0.25) is 5.56 Å². The molecule has 218 valence electrons. The normalized spacial score (nSPS) is 16.4. The lowest BCUT2D eigenvalue weighted by atomic mass is 10.0. The molecule has 1 saturated heterocycles. The molecular formula is C32H47N3O4Si. The van der Waals surface area contributed by atoms with Crippen molar-refractivity contribution in [3.05, 3.63) is 76.1 Å². The third kappa shape index (κ3) is 8.04. The molecule has 8 heteroatoms. The topological polar surface area (TPSA) is 86.8 Å². The first kappa shape index (κ1) is 30.5. The lowest BCUT2D eigenvalue weighted by Crippen LogP contribution is -2.47. The summed E-state index contributed by atoms with van der Waals surface area (Å²) in [6, 6.07) is 17.8. The zero-order chi connectivity index (χ0) is 28.8. The Balaban J connectivity index is 1.33. The van der Waals surface area contributed by atoms with E-state index in [2.05, 4.69) is 73.3 Å². The summed E-state index contributed by atoms with van der Waals surface area (Å²) in [5.41, 5.74) is 2.55. The van der Waals surface area contributed by atoms with E-state index in [-0.39, 0.29) is 22.5 Å². The molecule has 0 amide bonds. The quantitative estimate of drug-likeness (QED) is 0.196. The fourth-order valence-corrected chi connectivity index (χ4v) is 6.33. The number of pyridine rings is 1. The van der Waals surface area contributed by atoms with Crippen molar-refractivity contribution < 1.29 is 14.3 Å². The van der Waals surface area contributed by atoms with E-state index in [1.807, 2.05) is 12.1 Å². The second-order valence-corrected chi connectivity index (χ2v) is 17.3. The molecule has 1 aromatic heterocycles. The smallest absolute Gasteiger partial charge is 0.248 e. The number of likely N-dealkylation sites (tertiary alicyclic amines) is 1. The Morgan fingerprint density at radius 3 is 2.48 bits per heavy atom. The third-order valence-electron chi connectivity index (χ3n) is 8.61. The molecule has 0 bridgehead atoms. The number of fused-ring (bicyclic) bond motifs is 1. The van der Waals surface area contributed by atoms with Crippen LogP contribution >= 0.6 is 0 Å². The standard InChI is InChI=1S/C32H47N3O4Si/c1-32(2,3)40(4,5)39-29(26-11-13-28(36)31-27(26)12-14-30(37)34-31)23-33-25-15-18-35(19-16-25)20-22-38-21-17-24-9-7-6-8-10-24/h6-14,25,29,33,36H,15-23H2,1-5H3,(H,34,37)/t29-/m0/s1. The van der Waals surface area contributed by atoms with Crippen molar-refractivity contribution in [3.8, 4) is 5.75 Å². The molecule has 40 heavy (non-hydrogen) atoms. The Hall–Kier alpha value is -2.49. The summed E-state index contributed by atoms with van der Waals surface area (Å²) >= 11 is 0. The van der Waals surface area contributed by atoms with Crippen molar-refractivity contribution in [3.63, 3.8) is 0 Å². The third-order valence-corrected chi connectivity index (χ3v) is 13.1. The van der Waals surface area contributed by atoms with E-state index in [0.29, 0.717) is 18.1 Å². The number of benzene rings is 2. The first-order valence-electron chi connectivity index (χ1n) is 14.6. The number of aromatic nitrogens is 1. The number of aromatic amines is 1. The average Bonchev–Trinajstić information content (AvgIpc) is 2.92. The predicted molar refractivity (Wildman–Crippen MR) is 166 cm³/mol. The van der Waals surface area contributed by atoms with Crippen LogP contribution in [0.25, 0.3) is 10.9 Å². The number of aromatic hydroxyl groups is 1. The monoisotopic (exact) mass is 565 g/mol. The Morgan fingerprint density at radius 2 is 1.77 bits per heavy atom. The molecule has 2 heterocycles. The van der Waals surface area contributed by atoms with Crippen molar-refractivity contribution in [2.75, 3.05) is 39.4 Å². The van der Waals surface area contributed by atoms with Crippen LogP contribution in [0.15, 0.2) is 59.4 Å². The summed E-state index contributed by atoms with van der Waals surface area (Å²) in [5, 5.41) is 15.1. The van der Waals surface area contributed by atoms with Gasteiger partial charge in [-0.2, -0.15) is 0 Å². The van der Waals surface area contributed by atoms with E-state index >= 15 is 0 Å². The fourth-order valence-electron chi connectivity index (χ4n) is 5.05. The van der Waals surface area contributed by atoms with Crippen LogP contribution in [0.1, 0.15) is 50.8 Å². The fraction of sp³-hybridized carbons (Fsp3) is 0.531. The zero-order valence-electron chi connectivity index (χ0n) is 24.8.